The fourth-order valence-electron chi connectivity index (χ4n) is 4.87. The van der Waals surface area contributed by atoms with Crippen LogP contribution in [0, 0.1) is 0 Å². The van der Waals surface area contributed by atoms with Gasteiger partial charge in [-0.2, -0.15) is 0 Å². The molecule has 0 aliphatic heterocycles. The molecule has 2 amide bonds. The van der Waals surface area contributed by atoms with Gasteiger partial charge in [0.15, 0.2) is 0 Å². The van der Waals surface area contributed by atoms with Crippen molar-refractivity contribution in [1.29, 1.82) is 0 Å². The summed E-state index contributed by atoms with van der Waals surface area (Å²) in [6.45, 7) is 0. The van der Waals surface area contributed by atoms with Crippen molar-refractivity contribution in [1.82, 2.24) is 10.6 Å². The number of rotatable bonds is 9. The molecule has 0 bridgehead atoms. The number of amides is 2. The topological polar surface area (TPSA) is 58.2 Å². The molecule has 0 unspecified atom stereocenters. The second kappa shape index (κ2) is 12.5. The number of hydrogen-bond acceptors (Lipinski definition) is 2. The van der Waals surface area contributed by atoms with Gasteiger partial charge in [0, 0.05) is 0 Å². The zero-order chi connectivity index (χ0) is 26.9. The van der Waals surface area contributed by atoms with Crippen LogP contribution in [0.3, 0.4) is 0 Å². The largest absolute Gasteiger partial charge is 0.331 e. The Morgan fingerprint density at radius 3 is 0.846 bits per heavy atom. The highest BCUT2D eigenvalue weighted by Gasteiger charge is 2.29. The van der Waals surface area contributed by atoms with Crippen LogP contribution < -0.4 is 10.6 Å². The molecule has 4 heteroatoms. The minimum absolute atomic E-state index is 0.197. The molecule has 5 aromatic carbocycles. The second-order valence-corrected chi connectivity index (χ2v) is 9.37. The minimum atomic E-state index is -0.726. The highest BCUT2D eigenvalue weighted by molar-refractivity contribution is 5.90. The molecule has 0 spiro atoms. The smallest absolute Gasteiger partial charge is 0.233 e. The maximum Gasteiger partial charge on any atom is 0.233 e. The molecule has 0 aliphatic carbocycles. The van der Waals surface area contributed by atoms with Crippen molar-refractivity contribution in [2.24, 2.45) is 0 Å². The van der Waals surface area contributed by atoms with Gasteiger partial charge in [0.25, 0.3) is 0 Å². The molecular formula is C35H30N2O2. The first-order valence-corrected chi connectivity index (χ1v) is 13.1. The number of hydrogen-bond donors (Lipinski definition) is 2. The van der Waals surface area contributed by atoms with Crippen LogP contribution in [0.1, 0.15) is 45.8 Å². The molecule has 4 nitrogen and oxygen atoms in total. The summed E-state index contributed by atoms with van der Waals surface area (Å²) in [5.74, 6) is -1.46. The fraction of sp³-hybridized carbons (Fsp3) is 0.0857. The summed E-state index contributed by atoms with van der Waals surface area (Å²) in [7, 11) is 0. The lowest BCUT2D eigenvalue weighted by Crippen LogP contribution is -2.44. The van der Waals surface area contributed by atoms with E-state index in [1.807, 2.05) is 152 Å². The molecule has 0 fully saturated rings. The lowest BCUT2D eigenvalue weighted by Gasteiger charge is -2.27. The van der Waals surface area contributed by atoms with Crippen LogP contribution in [-0.4, -0.2) is 11.8 Å². The first kappa shape index (κ1) is 25.7. The molecular weight excluding hydrogens is 480 g/mol. The summed E-state index contributed by atoms with van der Waals surface area (Å²) in [6, 6.07) is 48.3. The molecule has 5 rings (SSSR count). The van der Waals surface area contributed by atoms with E-state index in [0.29, 0.717) is 0 Å². The normalized spacial score (nSPS) is 10.9. The SMILES string of the molecule is O=C(NC(NC(=O)C(c1ccccc1)c1ccccc1)c1ccccc1)C(c1ccccc1)c1ccccc1. The Bertz CT molecular complexity index is 1300. The van der Waals surface area contributed by atoms with E-state index < -0.39 is 18.0 Å². The summed E-state index contributed by atoms with van der Waals surface area (Å²) >= 11 is 0. The average molecular weight is 511 g/mol. The third-order valence-electron chi connectivity index (χ3n) is 6.76. The summed E-state index contributed by atoms with van der Waals surface area (Å²) in [6.07, 6.45) is -0.726. The molecule has 39 heavy (non-hydrogen) atoms. The Hall–Kier alpha value is -4.96. The van der Waals surface area contributed by atoms with Gasteiger partial charge in [0.1, 0.15) is 6.17 Å². The maximum absolute atomic E-state index is 14.0. The first-order chi connectivity index (χ1) is 19.2. The lowest BCUT2D eigenvalue weighted by atomic mass is 9.89. The van der Waals surface area contributed by atoms with Crippen LogP contribution in [0.25, 0.3) is 0 Å². The number of carbonyl (C=O) groups excluding carboxylic acids is 2. The monoisotopic (exact) mass is 510 g/mol. The maximum atomic E-state index is 14.0. The fourth-order valence-corrected chi connectivity index (χ4v) is 4.87. The molecule has 2 N–H and O–H groups in total. The highest BCUT2D eigenvalue weighted by Crippen LogP contribution is 2.28. The summed E-state index contributed by atoms with van der Waals surface area (Å²) < 4.78 is 0. The van der Waals surface area contributed by atoms with E-state index in [1.54, 1.807) is 0 Å². The van der Waals surface area contributed by atoms with Crippen molar-refractivity contribution in [2.45, 2.75) is 18.0 Å². The third-order valence-corrected chi connectivity index (χ3v) is 6.76. The van der Waals surface area contributed by atoms with Crippen LogP contribution in [0.5, 0.6) is 0 Å². The highest BCUT2D eigenvalue weighted by atomic mass is 16.2. The van der Waals surface area contributed by atoms with E-state index >= 15 is 0 Å². The predicted octanol–water partition coefficient (Wildman–Crippen LogP) is 6.58. The van der Waals surface area contributed by atoms with Gasteiger partial charge in [0.05, 0.1) is 11.8 Å². The van der Waals surface area contributed by atoms with E-state index in [0.717, 1.165) is 27.8 Å². The van der Waals surface area contributed by atoms with Gasteiger partial charge in [-0.3, -0.25) is 9.59 Å². The Balaban J connectivity index is 1.48. The van der Waals surface area contributed by atoms with Gasteiger partial charge in [-0.1, -0.05) is 152 Å². The zero-order valence-corrected chi connectivity index (χ0v) is 21.5. The molecule has 0 heterocycles. The molecule has 0 aliphatic rings. The average Bonchev–Trinajstić information content (AvgIpc) is 3.00. The van der Waals surface area contributed by atoms with E-state index in [1.165, 1.54) is 0 Å². The Kier molecular flexibility index (Phi) is 8.25. The van der Waals surface area contributed by atoms with E-state index in [9.17, 15) is 9.59 Å². The van der Waals surface area contributed by atoms with Crippen LogP contribution in [-0.2, 0) is 9.59 Å². The van der Waals surface area contributed by atoms with Crippen LogP contribution in [0.15, 0.2) is 152 Å². The van der Waals surface area contributed by atoms with Gasteiger partial charge in [0.2, 0.25) is 11.8 Å². The molecule has 0 saturated heterocycles. The third kappa shape index (κ3) is 6.31. The zero-order valence-electron chi connectivity index (χ0n) is 21.5. The van der Waals surface area contributed by atoms with E-state index in [2.05, 4.69) is 10.6 Å². The molecule has 0 saturated carbocycles. The predicted molar refractivity (Wildman–Crippen MR) is 155 cm³/mol. The van der Waals surface area contributed by atoms with Crippen molar-refractivity contribution in [3.63, 3.8) is 0 Å². The summed E-state index contributed by atoms with van der Waals surface area (Å²) in [5, 5.41) is 6.30. The number of nitrogens with one attached hydrogen (secondary N) is 2. The van der Waals surface area contributed by atoms with Crippen molar-refractivity contribution < 1.29 is 9.59 Å². The van der Waals surface area contributed by atoms with Crippen molar-refractivity contribution in [3.8, 4) is 0 Å². The van der Waals surface area contributed by atoms with Gasteiger partial charge < -0.3 is 10.6 Å². The van der Waals surface area contributed by atoms with Gasteiger partial charge >= 0.3 is 0 Å². The van der Waals surface area contributed by atoms with Crippen molar-refractivity contribution in [3.05, 3.63) is 179 Å². The van der Waals surface area contributed by atoms with E-state index in [-0.39, 0.29) is 11.8 Å². The second-order valence-electron chi connectivity index (χ2n) is 9.37. The van der Waals surface area contributed by atoms with Crippen molar-refractivity contribution >= 4 is 11.8 Å². The van der Waals surface area contributed by atoms with E-state index in [4.69, 9.17) is 0 Å². The molecule has 0 radical (unpaired) electrons. The lowest BCUT2D eigenvalue weighted by molar-refractivity contribution is -0.125. The summed E-state index contributed by atoms with van der Waals surface area (Å²) in [4.78, 5) is 27.9. The van der Waals surface area contributed by atoms with Crippen LogP contribution in [0.4, 0.5) is 0 Å². The molecule has 5 aromatic rings. The standard InChI is InChI=1S/C35H30N2O2/c38-34(31(26-16-6-1-7-17-26)27-18-8-2-9-19-27)36-33(30-24-14-5-15-25-30)37-35(39)32(28-20-10-3-11-21-28)29-22-12-4-13-23-29/h1-25,31-33H,(H,36,38)(H,37,39). The van der Waals surface area contributed by atoms with Gasteiger partial charge in [-0.05, 0) is 27.8 Å². The minimum Gasteiger partial charge on any atom is -0.331 e. The quantitative estimate of drug-likeness (QED) is 0.220. The Morgan fingerprint density at radius 1 is 0.359 bits per heavy atom. The number of benzene rings is 5. The van der Waals surface area contributed by atoms with Crippen molar-refractivity contribution in [2.75, 3.05) is 0 Å². The molecule has 0 atom stereocenters. The molecule has 0 aromatic heterocycles. The molecule has 192 valence electrons. The van der Waals surface area contributed by atoms with Gasteiger partial charge in [-0.25, -0.2) is 0 Å². The van der Waals surface area contributed by atoms with Crippen LogP contribution in [0.2, 0.25) is 0 Å². The van der Waals surface area contributed by atoms with Crippen LogP contribution >= 0.6 is 0 Å². The first-order valence-electron chi connectivity index (χ1n) is 13.1. The Labute approximate surface area is 229 Å². The van der Waals surface area contributed by atoms with Gasteiger partial charge in [-0.15, -0.1) is 0 Å². The Morgan fingerprint density at radius 2 is 0.590 bits per heavy atom. The number of carbonyl (C=O) groups is 2. The summed E-state index contributed by atoms with van der Waals surface area (Å²) in [5.41, 5.74) is 4.31.